The van der Waals surface area contributed by atoms with Gasteiger partial charge in [0.25, 0.3) is 0 Å². The Labute approximate surface area is 112 Å². The molecular formula is C13H22FNO4. The van der Waals surface area contributed by atoms with Crippen molar-refractivity contribution in [2.45, 2.75) is 57.7 Å². The van der Waals surface area contributed by atoms with Gasteiger partial charge >= 0.3 is 12.1 Å². The van der Waals surface area contributed by atoms with E-state index in [1.165, 1.54) is 0 Å². The number of hydrogen-bond acceptors (Lipinski definition) is 3. The molecule has 19 heavy (non-hydrogen) atoms. The second kappa shape index (κ2) is 5.75. The third kappa shape index (κ3) is 5.44. The molecule has 0 aromatic rings. The summed E-state index contributed by atoms with van der Waals surface area (Å²) < 4.78 is 19.4. The highest BCUT2D eigenvalue weighted by Crippen LogP contribution is 2.34. The molecule has 1 aliphatic carbocycles. The van der Waals surface area contributed by atoms with Crippen LogP contribution >= 0.6 is 0 Å². The van der Waals surface area contributed by atoms with E-state index in [1.807, 2.05) is 0 Å². The molecule has 110 valence electrons. The summed E-state index contributed by atoms with van der Waals surface area (Å²) in [5.41, 5.74) is -2.14. The Morgan fingerprint density at radius 1 is 1.37 bits per heavy atom. The van der Waals surface area contributed by atoms with Gasteiger partial charge in [-0.2, -0.15) is 0 Å². The number of alkyl halides is 1. The lowest BCUT2D eigenvalue weighted by Gasteiger charge is -2.32. The fourth-order valence-electron chi connectivity index (χ4n) is 2.10. The number of ether oxygens (including phenoxy) is 1. The molecular weight excluding hydrogens is 253 g/mol. The third-order valence-corrected chi connectivity index (χ3v) is 3.18. The summed E-state index contributed by atoms with van der Waals surface area (Å²) in [7, 11) is 0. The molecule has 1 rings (SSSR count). The minimum atomic E-state index is -1.52. The third-order valence-electron chi connectivity index (χ3n) is 3.18. The van der Waals surface area contributed by atoms with E-state index in [0.717, 1.165) is 0 Å². The Morgan fingerprint density at radius 2 is 1.89 bits per heavy atom. The van der Waals surface area contributed by atoms with Crippen LogP contribution in [0.1, 0.15) is 46.5 Å². The number of rotatable bonds is 3. The average Bonchev–Trinajstić information content (AvgIpc) is 2.25. The van der Waals surface area contributed by atoms with E-state index in [-0.39, 0.29) is 19.4 Å². The van der Waals surface area contributed by atoms with Gasteiger partial charge in [0.1, 0.15) is 11.3 Å². The quantitative estimate of drug-likeness (QED) is 0.829. The summed E-state index contributed by atoms with van der Waals surface area (Å²) in [6, 6.07) is 0. The maximum Gasteiger partial charge on any atom is 0.407 e. The molecule has 0 atom stereocenters. The smallest absolute Gasteiger partial charge is 0.407 e. The topological polar surface area (TPSA) is 75.6 Å². The zero-order valence-corrected chi connectivity index (χ0v) is 11.7. The average molecular weight is 275 g/mol. The van der Waals surface area contributed by atoms with E-state index >= 15 is 0 Å². The van der Waals surface area contributed by atoms with Gasteiger partial charge in [-0.25, -0.2) is 9.18 Å². The Bertz CT molecular complexity index is 343. The predicted octanol–water partition coefficient (Wildman–Crippen LogP) is 2.49. The number of hydrogen-bond donors (Lipinski definition) is 2. The monoisotopic (exact) mass is 275 g/mol. The van der Waals surface area contributed by atoms with Gasteiger partial charge in [-0.15, -0.1) is 0 Å². The summed E-state index contributed by atoms with van der Waals surface area (Å²) in [5.74, 6) is -1.34. The van der Waals surface area contributed by atoms with Gasteiger partial charge in [0.15, 0.2) is 0 Å². The van der Waals surface area contributed by atoms with Crippen LogP contribution in [0.5, 0.6) is 0 Å². The van der Waals surface area contributed by atoms with Crippen molar-refractivity contribution in [3.05, 3.63) is 0 Å². The normalized spacial score (nSPS) is 27.7. The molecule has 5 nitrogen and oxygen atoms in total. The molecule has 0 bridgehead atoms. The molecule has 0 spiro atoms. The zero-order chi connectivity index (χ0) is 14.7. The number of aliphatic carboxylic acids is 1. The lowest BCUT2D eigenvalue weighted by molar-refractivity contribution is -0.143. The van der Waals surface area contributed by atoms with Gasteiger partial charge in [0, 0.05) is 0 Å². The molecule has 6 heteroatoms. The lowest BCUT2D eigenvalue weighted by Crippen LogP contribution is -2.44. The Morgan fingerprint density at radius 3 is 2.32 bits per heavy atom. The molecule has 0 aliphatic heterocycles. The van der Waals surface area contributed by atoms with Gasteiger partial charge < -0.3 is 15.2 Å². The summed E-state index contributed by atoms with van der Waals surface area (Å²) >= 11 is 0. The van der Waals surface area contributed by atoms with Gasteiger partial charge in [0.05, 0.1) is 12.5 Å². The molecule has 1 fully saturated rings. The first-order chi connectivity index (χ1) is 8.61. The fraction of sp³-hybridized carbons (Fsp3) is 0.846. The van der Waals surface area contributed by atoms with Crippen molar-refractivity contribution in [2.75, 3.05) is 6.54 Å². The standard InChI is InChI=1S/C13H22FNO4/c1-12(2,3)19-11(18)15-8-13(14)6-4-9(5-7-13)10(16)17/h9H,4-8H2,1-3H3,(H,15,18)(H,16,17). The Hall–Kier alpha value is -1.33. The maximum absolute atomic E-state index is 14.3. The molecule has 2 N–H and O–H groups in total. The van der Waals surface area contributed by atoms with Crippen LogP contribution in [0.4, 0.5) is 9.18 Å². The predicted molar refractivity (Wildman–Crippen MR) is 67.7 cm³/mol. The molecule has 0 radical (unpaired) electrons. The van der Waals surface area contributed by atoms with Crippen LogP contribution < -0.4 is 5.32 Å². The van der Waals surface area contributed by atoms with Gasteiger partial charge in [-0.05, 0) is 46.5 Å². The van der Waals surface area contributed by atoms with E-state index in [4.69, 9.17) is 9.84 Å². The Balaban J connectivity index is 2.37. The van der Waals surface area contributed by atoms with Crippen LogP contribution in [0.3, 0.4) is 0 Å². The van der Waals surface area contributed by atoms with Gasteiger partial charge in [-0.1, -0.05) is 0 Å². The zero-order valence-electron chi connectivity index (χ0n) is 11.7. The number of carbonyl (C=O) groups excluding carboxylic acids is 1. The van der Waals surface area contributed by atoms with Crippen LogP contribution in [0.2, 0.25) is 0 Å². The number of carbonyl (C=O) groups is 2. The number of carboxylic acids is 1. The van der Waals surface area contributed by atoms with Crippen molar-refractivity contribution in [3.63, 3.8) is 0 Å². The van der Waals surface area contributed by atoms with E-state index in [1.54, 1.807) is 20.8 Å². The number of amides is 1. The van der Waals surface area contributed by atoms with Crippen molar-refractivity contribution >= 4 is 12.1 Å². The number of carboxylic acid groups (broad SMARTS) is 1. The van der Waals surface area contributed by atoms with Crippen LogP contribution in [-0.2, 0) is 9.53 Å². The second-order valence-corrected chi connectivity index (χ2v) is 6.12. The number of nitrogens with one attached hydrogen (secondary N) is 1. The van der Waals surface area contributed by atoms with E-state index in [2.05, 4.69) is 5.32 Å². The van der Waals surface area contributed by atoms with Crippen LogP contribution in [0, 0.1) is 5.92 Å². The molecule has 1 saturated carbocycles. The van der Waals surface area contributed by atoms with Crippen LogP contribution in [0.25, 0.3) is 0 Å². The first kappa shape index (κ1) is 15.7. The first-order valence-electron chi connectivity index (χ1n) is 6.50. The van der Waals surface area contributed by atoms with Crippen molar-refractivity contribution in [1.82, 2.24) is 5.32 Å². The second-order valence-electron chi connectivity index (χ2n) is 6.12. The highest BCUT2D eigenvalue weighted by Gasteiger charge is 2.38. The molecule has 0 heterocycles. The first-order valence-corrected chi connectivity index (χ1v) is 6.50. The van der Waals surface area contributed by atoms with Gasteiger partial charge in [-0.3, -0.25) is 4.79 Å². The SMILES string of the molecule is CC(C)(C)OC(=O)NCC1(F)CCC(C(=O)O)CC1. The lowest BCUT2D eigenvalue weighted by atomic mass is 9.80. The molecule has 1 aliphatic rings. The summed E-state index contributed by atoms with van der Waals surface area (Å²) in [6.07, 6.45) is 0.272. The minimum Gasteiger partial charge on any atom is -0.481 e. The van der Waals surface area contributed by atoms with Crippen molar-refractivity contribution in [3.8, 4) is 0 Å². The number of halogens is 1. The summed E-state index contributed by atoms with van der Waals surface area (Å²) in [5, 5.41) is 11.3. The highest BCUT2D eigenvalue weighted by molar-refractivity contribution is 5.70. The molecule has 0 unspecified atom stereocenters. The van der Waals surface area contributed by atoms with E-state index in [0.29, 0.717) is 12.8 Å². The largest absolute Gasteiger partial charge is 0.481 e. The molecule has 0 aromatic heterocycles. The highest BCUT2D eigenvalue weighted by atomic mass is 19.1. The van der Waals surface area contributed by atoms with Gasteiger partial charge in [0.2, 0.25) is 0 Å². The van der Waals surface area contributed by atoms with E-state index < -0.39 is 29.3 Å². The molecule has 0 saturated heterocycles. The van der Waals surface area contributed by atoms with E-state index in [9.17, 15) is 14.0 Å². The number of alkyl carbamates (subject to hydrolysis) is 1. The Kier molecular flexibility index (Phi) is 4.76. The van der Waals surface area contributed by atoms with Crippen molar-refractivity contribution < 1.29 is 23.8 Å². The fourth-order valence-corrected chi connectivity index (χ4v) is 2.10. The summed E-state index contributed by atoms with van der Waals surface area (Å²) in [6.45, 7) is 5.07. The maximum atomic E-state index is 14.3. The molecule has 0 aromatic carbocycles. The van der Waals surface area contributed by atoms with Crippen molar-refractivity contribution in [1.29, 1.82) is 0 Å². The minimum absolute atomic E-state index is 0.131. The van der Waals surface area contributed by atoms with Crippen LogP contribution in [0.15, 0.2) is 0 Å². The summed E-state index contributed by atoms with van der Waals surface area (Å²) in [4.78, 5) is 22.2. The van der Waals surface area contributed by atoms with Crippen LogP contribution in [-0.4, -0.2) is 35.0 Å². The van der Waals surface area contributed by atoms with Crippen molar-refractivity contribution in [2.24, 2.45) is 5.92 Å². The molecule has 1 amide bonds.